The maximum atomic E-state index is 12.7. The second-order valence-electron chi connectivity index (χ2n) is 7.40. The number of ether oxygens (including phenoxy) is 2. The van der Waals surface area contributed by atoms with Crippen molar-refractivity contribution in [3.8, 4) is 0 Å². The predicted octanol–water partition coefficient (Wildman–Crippen LogP) is 1.84. The Morgan fingerprint density at radius 1 is 1.00 bits per heavy atom. The maximum Gasteiger partial charge on any atom is 0.338 e. The minimum absolute atomic E-state index is 0.0580. The van der Waals surface area contributed by atoms with E-state index in [2.05, 4.69) is 10.6 Å². The highest BCUT2D eigenvalue weighted by atomic mass is 16.5. The molecule has 10 heteroatoms. The number of hydrogen-bond donors (Lipinski definition) is 2. The SMILES string of the molecule is CCOC(=O)c1cc(NC(=O)CN2C(=O)NC3(CCCC3)C2=O)cc(C(=O)OCC)c1. The topological polar surface area (TPSA) is 131 Å². The van der Waals surface area contributed by atoms with Gasteiger partial charge in [0.25, 0.3) is 5.91 Å². The van der Waals surface area contributed by atoms with E-state index in [1.807, 2.05) is 0 Å². The molecule has 1 aliphatic heterocycles. The number of carbonyl (C=O) groups excluding carboxylic acids is 5. The van der Waals surface area contributed by atoms with Crippen LogP contribution in [0.2, 0.25) is 0 Å². The summed E-state index contributed by atoms with van der Waals surface area (Å²) in [7, 11) is 0. The summed E-state index contributed by atoms with van der Waals surface area (Å²) in [5.41, 5.74) is -0.649. The molecule has 0 radical (unpaired) electrons. The summed E-state index contributed by atoms with van der Waals surface area (Å²) >= 11 is 0. The first-order valence-electron chi connectivity index (χ1n) is 10.2. The first-order chi connectivity index (χ1) is 14.8. The third-order valence-corrected chi connectivity index (χ3v) is 5.24. The molecule has 0 aromatic heterocycles. The van der Waals surface area contributed by atoms with E-state index < -0.39 is 41.9 Å². The molecule has 3 rings (SSSR count). The lowest BCUT2D eigenvalue weighted by molar-refractivity contribution is -0.133. The molecular weight excluding hydrogens is 406 g/mol. The number of rotatable bonds is 7. The molecule has 1 saturated carbocycles. The van der Waals surface area contributed by atoms with Crippen LogP contribution in [-0.4, -0.2) is 60.0 Å². The molecule has 0 unspecified atom stereocenters. The number of hydrogen-bond acceptors (Lipinski definition) is 7. The molecular formula is C21H25N3O7. The van der Waals surface area contributed by atoms with E-state index in [4.69, 9.17) is 9.47 Å². The largest absolute Gasteiger partial charge is 0.462 e. The van der Waals surface area contributed by atoms with Gasteiger partial charge in [-0.2, -0.15) is 0 Å². The zero-order chi connectivity index (χ0) is 22.6. The molecule has 31 heavy (non-hydrogen) atoms. The van der Waals surface area contributed by atoms with E-state index in [9.17, 15) is 24.0 Å². The molecule has 2 N–H and O–H groups in total. The highest BCUT2D eigenvalue weighted by Crippen LogP contribution is 2.34. The number of benzene rings is 1. The van der Waals surface area contributed by atoms with Crippen molar-refractivity contribution in [3.05, 3.63) is 29.3 Å². The lowest BCUT2D eigenvalue weighted by Gasteiger charge is -2.19. The first kappa shape index (κ1) is 22.3. The molecule has 1 spiro atoms. The number of nitrogens with zero attached hydrogens (tertiary/aromatic N) is 1. The van der Waals surface area contributed by atoms with Gasteiger partial charge in [0, 0.05) is 5.69 Å². The van der Waals surface area contributed by atoms with Crippen LogP contribution in [0.3, 0.4) is 0 Å². The normalized spacial score (nSPS) is 16.9. The summed E-state index contributed by atoms with van der Waals surface area (Å²) in [6, 6.07) is 3.41. The van der Waals surface area contributed by atoms with Crippen LogP contribution in [0.4, 0.5) is 10.5 Å². The van der Waals surface area contributed by atoms with Crippen LogP contribution in [0.5, 0.6) is 0 Å². The molecule has 0 atom stereocenters. The van der Waals surface area contributed by atoms with Gasteiger partial charge in [-0.3, -0.25) is 14.5 Å². The first-order valence-corrected chi connectivity index (χ1v) is 10.2. The highest BCUT2D eigenvalue weighted by Gasteiger charge is 2.52. The van der Waals surface area contributed by atoms with Crippen LogP contribution < -0.4 is 10.6 Å². The van der Waals surface area contributed by atoms with Crippen molar-refractivity contribution in [2.24, 2.45) is 0 Å². The molecule has 1 aromatic rings. The molecule has 1 saturated heterocycles. The summed E-state index contributed by atoms with van der Waals surface area (Å²) in [4.78, 5) is 62.7. The Morgan fingerprint density at radius 2 is 1.55 bits per heavy atom. The van der Waals surface area contributed by atoms with Gasteiger partial charge in [0.2, 0.25) is 5.91 Å². The molecule has 2 fully saturated rings. The van der Waals surface area contributed by atoms with Crippen molar-refractivity contribution in [3.63, 3.8) is 0 Å². The molecule has 4 amide bonds. The predicted molar refractivity (Wildman–Crippen MR) is 108 cm³/mol. The van der Waals surface area contributed by atoms with Crippen LogP contribution >= 0.6 is 0 Å². The molecule has 1 heterocycles. The summed E-state index contributed by atoms with van der Waals surface area (Å²) in [5.74, 6) is -2.38. The van der Waals surface area contributed by atoms with Gasteiger partial charge in [-0.1, -0.05) is 12.8 Å². The van der Waals surface area contributed by atoms with Crippen molar-refractivity contribution in [1.29, 1.82) is 0 Å². The number of amides is 4. The molecule has 10 nitrogen and oxygen atoms in total. The van der Waals surface area contributed by atoms with Crippen LogP contribution in [0.25, 0.3) is 0 Å². The van der Waals surface area contributed by atoms with Gasteiger partial charge >= 0.3 is 18.0 Å². The summed E-state index contributed by atoms with van der Waals surface area (Å²) in [5, 5.41) is 5.24. The zero-order valence-corrected chi connectivity index (χ0v) is 17.5. The summed E-state index contributed by atoms with van der Waals surface area (Å²) in [6.07, 6.45) is 2.78. The second-order valence-corrected chi connectivity index (χ2v) is 7.40. The molecule has 2 aliphatic rings. The fourth-order valence-electron chi connectivity index (χ4n) is 3.85. The fourth-order valence-corrected chi connectivity index (χ4v) is 3.85. The maximum absolute atomic E-state index is 12.7. The lowest BCUT2D eigenvalue weighted by Crippen LogP contribution is -2.44. The standard InChI is InChI=1S/C21H25N3O7/c1-3-30-17(26)13-9-14(18(27)31-4-2)11-15(10-13)22-16(25)12-24-19(28)21(23-20(24)29)7-5-6-8-21/h9-11H,3-8,12H2,1-2H3,(H,22,25)(H,23,29). The van der Waals surface area contributed by atoms with Crippen LogP contribution in [0.15, 0.2) is 18.2 Å². The molecule has 0 bridgehead atoms. The molecule has 1 aromatic carbocycles. The number of nitrogens with one attached hydrogen (secondary N) is 2. The van der Waals surface area contributed by atoms with Crippen molar-refractivity contribution >= 4 is 35.5 Å². The van der Waals surface area contributed by atoms with E-state index in [0.717, 1.165) is 17.7 Å². The van der Waals surface area contributed by atoms with E-state index in [0.29, 0.717) is 12.8 Å². The number of imide groups is 1. The highest BCUT2D eigenvalue weighted by molar-refractivity contribution is 6.10. The van der Waals surface area contributed by atoms with E-state index in [1.54, 1.807) is 13.8 Å². The van der Waals surface area contributed by atoms with Crippen molar-refractivity contribution in [2.75, 3.05) is 25.1 Å². The lowest BCUT2D eigenvalue weighted by atomic mass is 9.98. The average molecular weight is 431 g/mol. The minimum Gasteiger partial charge on any atom is -0.462 e. The molecule has 166 valence electrons. The number of esters is 2. The molecule has 1 aliphatic carbocycles. The Morgan fingerprint density at radius 3 is 2.06 bits per heavy atom. The number of carbonyl (C=O) groups is 5. The van der Waals surface area contributed by atoms with Gasteiger partial charge in [-0.15, -0.1) is 0 Å². The number of anilines is 1. The van der Waals surface area contributed by atoms with Crippen LogP contribution in [0, 0.1) is 0 Å². The third-order valence-electron chi connectivity index (χ3n) is 5.24. The van der Waals surface area contributed by atoms with Gasteiger partial charge in [0.15, 0.2) is 0 Å². The summed E-state index contributed by atoms with van der Waals surface area (Å²) < 4.78 is 9.92. The average Bonchev–Trinajstić information content (AvgIpc) is 3.29. The Labute approximate surface area is 179 Å². The van der Waals surface area contributed by atoms with Gasteiger partial charge < -0.3 is 20.1 Å². The van der Waals surface area contributed by atoms with Crippen LogP contribution in [0.1, 0.15) is 60.2 Å². The zero-order valence-electron chi connectivity index (χ0n) is 17.5. The van der Waals surface area contributed by atoms with Gasteiger partial charge in [0.1, 0.15) is 12.1 Å². The quantitative estimate of drug-likeness (QED) is 0.497. The Bertz CT molecular complexity index is 885. The summed E-state index contributed by atoms with van der Waals surface area (Å²) in [6.45, 7) is 3.08. The number of urea groups is 1. The fraction of sp³-hybridized carbons (Fsp3) is 0.476. The van der Waals surface area contributed by atoms with Gasteiger partial charge in [-0.05, 0) is 44.9 Å². The Hall–Kier alpha value is -3.43. The van der Waals surface area contributed by atoms with Crippen LogP contribution in [-0.2, 0) is 19.1 Å². The Balaban J connectivity index is 1.76. The Kier molecular flexibility index (Phi) is 6.57. The van der Waals surface area contributed by atoms with Gasteiger partial charge in [0.05, 0.1) is 24.3 Å². The van der Waals surface area contributed by atoms with Crippen molar-refractivity contribution in [2.45, 2.75) is 45.1 Å². The third kappa shape index (κ3) is 4.68. The van der Waals surface area contributed by atoms with Crippen molar-refractivity contribution in [1.82, 2.24) is 10.2 Å². The monoisotopic (exact) mass is 431 g/mol. The van der Waals surface area contributed by atoms with Gasteiger partial charge in [-0.25, -0.2) is 14.4 Å². The van der Waals surface area contributed by atoms with E-state index in [-0.39, 0.29) is 30.0 Å². The van der Waals surface area contributed by atoms with E-state index >= 15 is 0 Å². The minimum atomic E-state index is -0.904. The van der Waals surface area contributed by atoms with E-state index in [1.165, 1.54) is 18.2 Å². The smallest absolute Gasteiger partial charge is 0.338 e. The van der Waals surface area contributed by atoms with Crippen molar-refractivity contribution < 1.29 is 33.4 Å². The second kappa shape index (κ2) is 9.15.